The number of nitrogens with two attached hydrogens (primary N) is 1. The van der Waals surface area contributed by atoms with E-state index < -0.39 is 6.04 Å². The Hall–Kier alpha value is -1.72. The number of rotatable bonds is 3. The number of aromatic nitrogens is 1. The molecule has 1 atom stereocenters. The molecule has 0 aliphatic carbocycles. The van der Waals surface area contributed by atoms with Crippen LogP contribution in [0.4, 0.5) is 5.13 Å². The van der Waals surface area contributed by atoms with Crippen molar-refractivity contribution in [3.8, 4) is 0 Å². The molecule has 2 aromatic rings. The van der Waals surface area contributed by atoms with Gasteiger partial charge in [-0.15, -0.1) is 11.3 Å². The van der Waals surface area contributed by atoms with Crippen LogP contribution in [0.1, 0.15) is 38.1 Å². The Morgan fingerprint density at radius 2 is 1.95 bits per heavy atom. The lowest BCUT2D eigenvalue weighted by Gasteiger charge is -2.14. The number of nitrogens with zero attached hydrogens (tertiary/aromatic N) is 1. The lowest BCUT2D eigenvalue weighted by molar-refractivity contribution is -0.117. The van der Waals surface area contributed by atoms with Crippen molar-refractivity contribution in [2.75, 3.05) is 5.32 Å². The first-order valence-electron chi connectivity index (χ1n) is 6.45. The molecule has 0 aliphatic rings. The third-order valence-corrected chi connectivity index (χ3v) is 3.70. The monoisotopic (exact) mass is 289 g/mol. The molecule has 4 nitrogen and oxygen atoms in total. The van der Waals surface area contributed by atoms with Crippen LogP contribution >= 0.6 is 11.3 Å². The van der Waals surface area contributed by atoms with Crippen molar-refractivity contribution in [1.82, 2.24) is 4.98 Å². The summed E-state index contributed by atoms with van der Waals surface area (Å²) in [5, 5.41) is 5.33. The first-order valence-corrected chi connectivity index (χ1v) is 7.33. The van der Waals surface area contributed by atoms with Crippen LogP contribution in [-0.4, -0.2) is 10.9 Å². The van der Waals surface area contributed by atoms with Gasteiger partial charge in [-0.1, -0.05) is 51.1 Å². The Morgan fingerprint density at radius 1 is 1.30 bits per heavy atom. The van der Waals surface area contributed by atoms with Gasteiger partial charge in [-0.3, -0.25) is 4.79 Å². The predicted molar refractivity (Wildman–Crippen MR) is 82.8 cm³/mol. The maximum absolute atomic E-state index is 12.1. The topological polar surface area (TPSA) is 68.0 Å². The Labute approximate surface area is 123 Å². The highest BCUT2D eigenvalue weighted by atomic mass is 32.1. The minimum atomic E-state index is -0.682. The molecule has 0 radical (unpaired) electrons. The van der Waals surface area contributed by atoms with Gasteiger partial charge in [0, 0.05) is 10.8 Å². The van der Waals surface area contributed by atoms with E-state index in [1.807, 2.05) is 35.7 Å². The van der Waals surface area contributed by atoms with Crippen LogP contribution in [0.3, 0.4) is 0 Å². The number of carbonyl (C=O) groups is 1. The van der Waals surface area contributed by atoms with Crippen LogP contribution in [0, 0.1) is 0 Å². The van der Waals surface area contributed by atoms with Crippen LogP contribution in [0.2, 0.25) is 0 Å². The zero-order valence-corrected chi connectivity index (χ0v) is 12.7. The van der Waals surface area contributed by atoms with Crippen molar-refractivity contribution in [2.45, 2.75) is 32.2 Å². The molecule has 0 saturated carbocycles. The minimum Gasteiger partial charge on any atom is -0.316 e. The Balaban J connectivity index is 2.07. The molecule has 3 N–H and O–H groups in total. The van der Waals surface area contributed by atoms with E-state index in [2.05, 4.69) is 31.1 Å². The van der Waals surface area contributed by atoms with Gasteiger partial charge in [0.1, 0.15) is 6.04 Å². The Bertz CT molecular complexity index is 587. The summed E-state index contributed by atoms with van der Waals surface area (Å²) in [6.45, 7) is 6.26. The van der Waals surface area contributed by atoms with E-state index in [-0.39, 0.29) is 11.3 Å². The van der Waals surface area contributed by atoms with E-state index in [1.54, 1.807) is 0 Å². The third kappa shape index (κ3) is 3.43. The number of hydrogen-bond donors (Lipinski definition) is 2. The molecule has 1 amide bonds. The molecule has 5 heteroatoms. The lowest BCUT2D eigenvalue weighted by atomic mass is 9.93. The van der Waals surface area contributed by atoms with Crippen molar-refractivity contribution in [2.24, 2.45) is 5.73 Å². The molecule has 0 aliphatic heterocycles. The Morgan fingerprint density at radius 3 is 2.50 bits per heavy atom. The van der Waals surface area contributed by atoms with Crippen LogP contribution < -0.4 is 11.1 Å². The number of hydrogen-bond acceptors (Lipinski definition) is 4. The molecule has 1 aromatic carbocycles. The molecule has 20 heavy (non-hydrogen) atoms. The SMILES string of the molecule is CC(C)(C)c1csc(NC(=O)[C@H](N)c2ccccc2)n1. The smallest absolute Gasteiger partial charge is 0.247 e. The minimum absolute atomic E-state index is 0.0268. The lowest BCUT2D eigenvalue weighted by Crippen LogP contribution is -2.27. The summed E-state index contributed by atoms with van der Waals surface area (Å²) in [6, 6.07) is 8.62. The van der Waals surface area contributed by atoms with Gasteiger partial charge in [0.25, 0.3) is 0 Å². The van der Waals surface area contributed by atoms with Gasteiger partial charge in [-0.2, -0.15) is 0 Å². The van der Waals surface area contributed by atoms with E-state index in [1.165, 1.54) is 11.3 Å². The summed E-state index contributed by atoms with van der Waals surface area (Å²) in [5.41, 5.74) is 7.67. The van der Waals surface area contributed by atoms with E-state index in [4.69, 9.17) is 5.73 Å². The second kappa shape index (κ2) is 5.73. The fourth-order valence-electron chi connectivity index (χ4n) is 1.67. The van der Waals surface area contributed by atoms with E-state index >= 15 is 0 Å². The van der Waals surface area contributed by atoms with Gasteiger partial charge in [0.05, 0.1) is 5.69 Å². The van der Waals surface area contributed by atoms with Crippen molar-refractivity contribution in [3.05, 3.63) is 47.0 Å². The third-order valence-electron chi connectivity index (χ3n) is 2.94. The van der Waals surface area contributed by atoms with Gasteiger partial charge < -0.3 is 11.1 Å². The summed E-state index contributed by atoms with van der Waals surface area (Å²) in [4.78, 5) is 16.5. The number of benzene rings is 1. The molecule has 2 rings (SSSR count). The molecule has 0 spiro atoms. The van der Waals surface area contributed by atoms with Gasteiger partial charge in [0.2, 0.25) is 5.91 Å². The standard InChI is InChI=1S/C15H19N3OS/c1-15(2,3)11-9-20-14(17-11)18-13(19)12(16)10-7-5-4-6-8-10/h4-9,12H,16H2,1-3H3,(H,17,18,19)/t12-/m1/s1. The number of thiazole rings is 1. The molecule has 1 aromatic heterocycles. The van der Waals surface area contributed by atoms with Crippen LogP contribution in [0.15, 0.2) is 35.7 Å². The first kappa shape index (κ1) is 14.7. The molecule has 0 bridgehead atoms. The molecule has 0 unspecified atom stereocenters. The predicted octanol–water partition coefficient (Wildman–Crippen LogP) is 3.08. The maximum Gasteiger partial charge on any atom is 0.247 e. The van der Waals surface area contributed by atoms with Gasteiger partial charge in [0.15, 0.2) is 5.13 Å². The summed E-state index contributed by atoms with van der Waals surface area (Å²) >= 11 is 1.42. The highest BCUT2D eigenvalue weighted by Gasteiger charge is 2.20. The zero-order chi connectivity index (χ0) is 14.8. The molecule has 1 heterocycles. The van der Waals surface area contributed by atoms with Crippen molar-refractivity contribution >= 4 is 22.4 Å². The van der Waals surface area contributed by atoms with Gasteiger partial charge >= 0.3 is 0 Å². The fraction of sp³-hybridized carbons (Fsp3) is 0.333. The number of amides is 1. The molecule has 0 fully saturated rings. The number of anilines is 1. The molecular formula is C15H19N3OS. The van der Waals surface area contributed by atoms with Crippen LogP contribution in [0.5, 0.6) is 0 Å². The van der Waals surface area contributed by atoms with E-state index in [0.29, 0.717) is 5.13 Å². The van der Waals surface area contributed by atoms with Crippen molar-refractivity contribution in [1.29, 1.82) is 0 Å². The maximum atomic E-state index is 12.1. The average Bonchev–Trinajstić information content (AvgIpc) is 2.87. The number of nitrogens with one attached hydrogen (secondary N) is 1. The molecule has 106 valence electrons. The largest absolute Gasteiger partial charge is 0.316 e. The van der Waals surface area contributed by atoms with Gasteiger partial charge in [-0.25, -0.2) is 4.98 Å². The second-order valence-electron chi connectivity index (χ2n) is 5.67. The molecular weight excluding hydrogens is 270 g/mol. The van der Waals surface area contributed by atoms with E-state index in [9.17, 15) is 4.79 Å². The summed E-state index contributed by atoms with van der Waals surface area (Å²) in [5.74, 6) is -0.244. The highest BCUT2D eigenvalue weighted by molar-refractivity contribution is 7.13. The average molecular weight is 289 g/mol. The normalized spacial score (nSPS) is 13.0. The molecule has 0 saturated heterocycles. The summed E-state index contributed by atoms with van der Waals surface area (Å²) in [6.07, 6.45) is 0. The zero-order valence-electron chi connectivity index (χ0n) is 11.9. The Kier molecular flexibility index (Phi) is 4.20. The quantitative estimate of drug-likeness (QED) is 0.912. The van der Waals surface area contributed by atoms with Crippen molar-refractivity contribution < 1.29 is 4.79 Å². The van der Waals surface area contributed by atoms with Crippen LogP contribution in [0.25, 0.3) is 0 Å². The van der Waals surface area contributed by atoms with Gasteiger partial charge in [-0.05, 0) is 5.56 Å². The summed E-state index contributed by atoms with van der Waals surface area (Å²) < 4.78 is 0. The summed E-state index contributed by atoms with van der Waals surface area (Å²) in [7, 11) is 0. The van der Waals surface area contributed by atoms with Crippen LogP contribution in [-0.2, 0) is 10.2 Å². The first-order chi connectivity index (χ1) is 9.38. The van der Waals surface area contributed by atoms with E-state index in [0.717, 1.165) is 11.3 Å². The fourth-order valence-corrected chi connectivity index (χ4v) is 2.61. The van der Waals surface area contributed by atoms with Crippen molar-refractivity contribution in [3.63, 3.8) is 0 Å². The highest BCUT2D eigenvalue weighted by Crippen LogP contribution is 2.26. The number of carbonyl (C=O) groups excluding carboxylic acids is 1. The second-order valence-corrected chi connectivity index (χ2v) is 6.52.